The molecule has 220 valence electrons. The van der Waals surface area contributed by atoms with E-state index in [9.17, 15) is 19.5 Å². The van der Waals surface area contributed by atoms with Crippen molar-refractivity contribution in [1.29, 1.82) is 0 Å². The smallest absolute Gasteiger partial charge is 0.321 e. The molecule has 3 N–H and O–H groups in total. The van der Waals surface area contributed by atoms with Crippen LogP contribution < -0.4 is 24.8 Å². The molecule has 0 bridgehead atoms. The van der Waals surface area contributed by atoms with E-state index in [4.69, 9.17) is 14.2 Å². The summed E-state index contributed by atoms with van der Waals surface area (Å²) in [7, 11) is 1.64. The second-order valence-electron chi connectivity index (χ2n) is 10.2. The molecule has 0 unspecified atom stereocenters. The molecule has 0 aliphatic carbocycles. The number of hydrogen-bond acceptors (Lipinski definition) is 9. The Balaban J connectivity index is 1.41. The summed E-state index contributed by atoms with van der Waals surface area (Å²) < 4.78 is 17.2. The van der Waals surface area contributed by atoms with Crippen LogP contribution in [-0.4, -0.2) is 88.4 Å². The molecule has 4 amide bonds. The van der Waals surface area contributed by atoms with Gasteiger partial charge in [0.2, 0.25) is 6.79 Å². The van der Waals surface area contributed by atoms with Gasteiger partial charge in [-0.05, 0) is 31.2 Å². The topological polar surface area (TPSA) is 155 Å². The van der Waals surface area contributed by atoms with Gasteiger partial charge in [-0.25, -0.2) is 9.78 Å². The number of nitrogens with one attached hydrogen (secondary N) is 2. The lowest BCUT2D eigenvalue weighted by Crippen LogP contribution is -2.50. The van der Waals surface area contributed by atoms with Crippen LogP contribution in [0.4, 0.5) is 16.2 Å². The second-order valence-corrected chi connectivity index (χ2v) is 10.2. The first kappa shape index (κ1) is 28.6. The standard InChI is InChI=1S/C29H32N6O7/c1-17-13-35(18(2)15-36)28(38)20-5-4-6-21(33-27(37)22-12-30-9-10-31-22)26(20)42-25(17)14-34(3)29(39)32-19-7-8-23-24(11-19)41-16-40-23/h4-12,17-18,25,36H,13-16H2,1-3H3,(H,32,39)(H,33,37)/t17-,18-,25-/m0/s1. The summed E-state index contributed by atoms with van der Waals surface area (Å²) in [5, 5.41) is 15.5. The number of rotatable bonds is 7. The van der Waals surface area contributed by atoms with Crippen LogP contribution in [0.3, 0.4) is 0 Å². The van der Waals surface area contributed by atoms with Crippen LogP contribution in [-0.2, 0) is 0 Å². The fourth-order valence-electron chi connectivity index (χ4n) is 4.71. The van der Waals surface area contributed by atoms with E-state index in [2.05, 4.69) is 20.6 Å². The Morgan fingerprint density at radius 3 is 2.74 bits per heavy atom. The Bertz CT molecular complexity index is 1470. The molecule has 3 heterocycles. The number of aliphatic hydroxyl groups excluding tert-OH is 1. The molecule has 13 nitrogen and oxygen atoms in total. The molecular formula is C29H32N6O7. The first-order valence-electron chi connectivity index (χ1n) is 13.5. The lowest BCUT2D eigenvalue weighted by atomic mass is 9.99. The average Bonchev–Trinajstić information content (AvgIpc) is 3.47. The number of anilines is 2. The highest BCUT2D eigenvalue weighted by Crippen LogP contribution is 2.36. The normalized spacial score (nSPS) is 18.2. The zero-order valence-electron chi connectivity index (χ0n) is 23.4. The molecule has 0 fully saturated rings. The van der Waals surface area contributed by atoms with Gasteiger partial charge < -0.3 is 39.8 Å². The van der Waals surface area contributed by atoms with Gasteiger partial charge in [0, 0.05) is 43.7 Å². The molecule has 2 aromatic carbocycles. The first-order valence-corrected chi connectivity index (χ1v) is 13.5. The summed E-state index contributed by atoms with van der Waals surface area (Å²) in [6.07, 6.45) is 3.60. The van der Waals surface area contributed by atoms with Crippen LogP contribution in [0.5, 0.6) is 17.2 Å². The molecular weight excluding hydrogens is 544 g/mol. The van der Waals surface area contributed by atoms with Crippen LogP contribution in [0.15, 0.2) is 55.0 Å². The van der Waals surface area contributed by atoms with Crippen LogP contribution in [0.2, 0.25) is 0 Å². The molecule has 5 rings (SSSR count). The molecule has 13 heteroatoms. The number of hydrogen-bond donors (Lipinski definition) is 3. The van der Waals surface area contributed by atoms with Gasteiger partial charge >= 0.3 is 6.03 Å². The van der Waals surface area contributed by atoms with Gasteiger partial charge in [0.1, 0.15) is 11.8 Å². The van der Waals surface area contributed by atoms with E-state index in [1.807, 2.05) is 6.92 Å². The van der Waals surface area contributed by atoms with E-state index in [-0.39, 0.29) is 67.0 Å². The molecule has 2 aliphatic heterocycles. The van der Waals surface area contributed by atoms with Crippen molar-refractivity contribution in [2.24, 2.45) is 5.92 Å². The van der Waals surface area contributed by atoms with E-state index < -0.39 is 18.1 Å². The van der Waals surface area contributed by atoms with Crippen molar-refractivity contribution in [2.75, 3.05) is 44.2 Å². The number of aromatic nitrogens is 2. The summed E-state index contributed by atoms with van der Waals surface area (Å²) in [4.78, 5) is 50.8. The summed E-state index contributed by atoms with van der Waals surface area (Å²) in [5.74, 6) is 0.177. The number of amides is 4. The van der Waals surface area contributed by atoms with Crippen molar-refractivity contribution < 1.29 is 33.7 Å². The minimum atomic E-state index is -0.590. The number of benzene rings is 2. The second kappa shape index (κ2) is 12.3. The van der Waals surface area contributed by atoms with Gasteiger partial charge in [-0.1, -0.05) is 13.0 Å². The quantitative estimate of drug-likeness (QED) is 0.385. The van der Waals surface area contributed by atoms with Crippen molar-refractivity contribution >= 4 is 29.2 Å². The summed E-state index contributed by atoms with van der Waals surface area (Å²) >= 11 is 0. The zero-order valence-corrected chi connectivity index (χ0v) is 23.4. The number of ether oxygens (including phenoxy) is 3. The van der Waals surface area contributed by atoms with Crippen molar-refractivity contribution in [3.05, 3.63) is 66.2 Å². The monoisotopic (exact) mass is 576 g/mol. The predicted molar refractivity (Wildman–Crippen MR) is 152 cm³/mol. The van der Waals surface area contributed by atoms with E-state index in [0.29, 0.717) is 17.2 Å². The third-order valence-corrected chi connectivity index (χ3v) is 7.16. The van der Waals surface area contributed by atoms with Gasteiger partial charge in [-0.3, -0.25) is 14.6 Å². The van der Waals surface area contributed by atoms with E-state index in [0.717, 1.165) is 0 Å². The number of urea groups is 1. The van der Waals surface area contributed by atoms with E-state index in [1.165, 1.54) is 23.5 Å². The van der Waals surface area contributed by atoms with Crippen molar-refractivity contribution in [3.63, 3.8) is 0 Å². The van der Waals surface area contributed by atoms with Gasteiger partial charge in [-0.2, -0.15) is 0 Å². The molecule has 0 saturated heterocycles. The van der Waals surface area contributed by atoms with Crippen molar-refractivity contribution in [2.45, 2.75) is 26.0 Å². The van der Waals surface area contributed by atoms with Gasteiger partial charge in [0.25, 0.3) is 11.8 Å². The largest absolute Gasteiger partial charge is 0.485 e. The lowest BCUT2D eigenvalue weighted by molar-refractivity contribution is 0.0372. The number of likely N-dealkylation sites (N-methyl/N-ethyl adjacent to an activating group) is 1. The minimum absolute atomic E-state index is 0.0904. The Kier molecular flexibility index (Phi) is 8.38. The number of nitrogens with zero attached hydrogens (tertiary/aromatic N) is 4. The fourth-order valence-corrected chi connectivity index (χ4v) is 4.71. The molecule has 2 aliphatic rings. The molecule has 1 aromatic heterocycles. The first-order chi connectivity index (χ1) is 20.2. The Morgan fingerprint density at radius 2 is 1.98 bits per heavy atom. The molecule has 3 aromatic rings. The minimum Gasteiger partial charge on any atom is -0.485 e. The molecule has 3 atom stereocenters. The van der Waals surface area contributed by atoms with Crippen LogP contribution >= 0.6 is 0 Å². The highest BCUT2D eigenvalue weighted by Gasteiger charge is 2.35. The third-order valence-electron chi connectivity index (χ3n) is 7.16. The molecule has 0 spiro atoms. The molecule has 0 saturated carbocycles. The Morgan fingerprint density at radius 1 is 1.17 bits per heavy atom. The van der Waals surface area contributed by atoms with Gasteiger partial charge in [-0.15, -0.1) is 0 Å². The van der Waals surface area contributed by atoms with Crippen LogP contribution in [0.25, 0.3) is 0 Å². The lowest BCUT2D eigenvalue weighted by Gasteiger charge is -2.38. The SMILES string of the molecule is C[C@H]1CN([C@@H](C)CO)C(=O)c2cccc(NC(=O)c3cnccn3)c2O[C@H]1CN(C)C(=O)Nc1ccc2c(c1)OCO2. The number of carbonyl (C=O) groups is 3. The summed E-state index contributed by atoms with van der Waals surface area (Å²) in [5.41, 5.74) is 1.11. The number of fused-ring (bicyclic) bond motifs is 2. The number of carbonyl (C=O) groups excluding carboxylic acids is 3. The fraction of sp³-hybridized carbons (Fsp3) is 0.345. The zero-order chi connectivity index (χ0) is 29.8. The maximum atomic E-state index is 13.7. The van der Waals surface area contributed by atoms with Gasteiger partial charge in [0.05, 0.1) is 36.6 Å². The van der Waals surface area contributed by atoms with Crippen molar-refractivity contribution in [3.8, 4) is 17.2 Å². The Hall–Kier alpha value is -4.91. The molecule has 0 radical (unpaired) electrons. The van der Waals surface area contributed by atoms with Crippen LogP contribution in [0, 0.1) is 5.92 Å². The van der Waals surface area contributed by atoms with Gasteiger partial charge in [0.15, 0.2) is 17.2 Å². The highest BCUT2D eigenvalue weighted by molar-refractivity contribution is 6.06. The molecule has 42 heavy (non-hydrogen) atoms. The summed E-state index contributed by atoms with van der Waals surface area (Å²) in [6, 6.07) is 9.14. The number of aliphatic hydroxyl groups is 1. The predicted octanol–water partition coefficient (Wildman–Crippen LogP) is 2.84. The maximum absolute atomic E-state index is 13.7. The third kappa shape index (κ3) is 6.05. The van der Waals surface area contributed by atoms with Crippen LogP contribution in [0.1, 0.15) is 34.7 Å². The average molecular weight is 577 g/mol. The Labute approximate surface area is 242 Å². The van der Waals surface area contributed by atoms with E-state index in [1.54, 1.807) is 55.3 Å². The summed E-state index contributed by atoms with van der Waals surface area (Å²) in [6.45, 7) is 3.98. The maximum Gasteiger partial charge on any atom is 0.321 e. The van der Waals surface area contributed by atoms with Crippen molar-refractivity contribution in [1.82, 2.24) is 19.8 Å². The number of para-hydroxylation sites is 1. The highest BCUT2D eigenvalue weighted by atomic mass is 16.7. The van der Waals surface area contributed by atoms with E-state index >= 15 is 0 Å².